The molecule has 1 aliphatic heterocycles. The van der Waals surface area contributed by atoms with Crippen LogP contribution in [0, 0.1) is 6.92 Å². The molecular weight excluding hydrogens is 306 g/mol. The zero-order valence-corrected chi connectivity index (χ0v) is 13.4. The molecule has 0 radical (unpaired) electrons. The molecule has 2 amide bonds. The van der Waals surface area contributed by atoms with Crippen LogP contribution in [0.5, 0.6) is 0 Å². The average molecular weight is 325 g/mol. The largest absolute Gasteiger partial charge is 0.459 e. The molecule has 0 spiro atoms. The molecule has 0 unspecified atom stereocenters. The van der Waals surface area contributed by atoms with E-state index in [0.717, 1.165) is 24.0 Å². The van der Waals surface area contributed by atoms with Gasteiger partial charge in [0.15, 0.2) is 5.76 Å². The van der Waals surface area contributed by atoms with Crippen molar-refractivity contribution in [1.29, 1.82) is 0 Å². The summed E-state index contributed by atoms with van der Waals surface area (Å²) in [4.78, 5) is 31.1. The number of furan rings is 1. The van der Waals surface area contributed by atoms with Crippen LogP contribution in [0.3, 0.4) is 0 Å². The first-order valence-electron chi connectivity index (χ1n) is 8.21. The van der Waals surface area contributed by atoms with E-state index in [2.05, 4.69) is 10.3 Å². The van der Waals surface area contributed by atoms with E-state index in [1.165, 1.54) is 6.26 Å². The number of pyridine rings is 1. The summed E-state index contributed by atoms with van der Waals surface area (Å²) < 4.78 is 5.27. The first kappa shape index (κ1) is 14.9. The standard InChI is InChI=1S/C18H19N3O3/c1-11-6-8-24-17(11)18(23)20-14-9-15(22)21(13-4-5-13)16(14)12-3-2-7-19-10-12/h2-3,6-8,10,13-14,16H,4-5,9H2,1H3,(H,20,23)/t14-,16+/m1/s1. The molecule has 1 saturated carbocycles. The fraction of sp³-hybridized carbons (Fsp3) is 0.389. The average Bonchev–Trinajstić information content (AvgIpc) is 3.24. The normalized spacial score (nSPS) is 23.5. The van der Waals surface area contributed by atoms with Crippen LogP contribution in [0.1, 0.15) is 47.0 Å². The number of aryl methyl sites for hydroxylation is 1. The van der Waals surface area contributed by atoms with Crippen molar-refractivity contribution in [2.75, 3.05) is 0 Å². The molecule has 0 aromatic carbocycles. The fourth-order valence-corrected chi connectivity index (χ4v) is 3.45. The summed E-state index contributed by atoms with van der Waals surface area (Å²) >= 11 is 0. The highest BCUT2D eigenvalue weighted by Crippen LogP contribution is 2.41. The Kier molecular flexibility index (Phi) is 3.59. The van der Waals surface area contributed by atoms with Crippen molar-refractivity contribution in [3.63, 3.8) is 0 Å². The number of likely N-dealkylation sites (tertiary alicyclic amines) is 1. The van der Waals surface area contributed by atoms with Gasteiger partial charge >= 0.3 is 0 Å². The number of amides is 2. The Morgan fingerprint density at radius 3 is 2.83 bits per heavy atom. The Labute approximate surface area is 139 Å². The molecule has 1 N–H and O–H groups in total. The molecule has 24 heavy (non-hydrogen) atoms. The Morgan fingerprint density at radius 2 is 2.21 bits per heavy atom. The van der Waals surface area contributed by atoms with Crippen LogP contribution in [0.15, 0.2) is 41.3 Å². The van der Waals surface area contributed by atoms with Gasteiger partial charge in [-0.15, -0.1) is 0 Å². The van der Waals surface area contributed by atoms with Crippen molar-refractivity contribution in [3.05, 3.63) is 53.7 Å². The van der Waals surface area contributed by atoms with Crippen LogP contribution in [0.2, 0.25) is 0 Å². The number of aromatic nitrogens is 1. The SMILES string of the molecule is Cc1ccoc1C(=O)N[C@@H]1CC(=O)N(C2CC2)[C@H]1c1cccnc1. The molecule has 2 aromatic heterocycles. The van der Waals surface area contributed by atoms with Gasteiger partial charge in [-0.2, -0.15) is 0 Å². The topological polar surface area (TPSA) is 75.4 Å². The van der Waals surface area contributed by atoms with E-state index in [1.54, 1.807) is 18.5 Å². The van der Waals surface area contributed by atoms with Crippen molar-refractivity contribution < 1.29 is 14.0 Å². The fourth-order valence-electron chi connectivity index (χ4n) is 3.45. The van der Waals surface area contributed by atoms with Gasteiger partial charge in [0.1, 0.15) is 0 Å². The summed E-state index contributed by atoms with van der Waals surface area (Å²) in [6.07, 6.45) is 7.35. The minimum atomic E-state index is -0.278. The Hall–Kier alpha value is -2.63. The summed E-state index contributed by atoms with van der Waals surface area (Å²) in [6.45, 7) is 1.83. The highest BCUT2D eigenvalue weighted by atomic mass is 16.3. The van der Waals surface area contributed by atoms with Crippen LogP contribution in [-0.2, 0) is 4.79 Å². The quantitative estimate of drug-likeness (QED) is 0.935. The van der Waals surface area contributed by atoms with Crippen molar-refractivity contribution in [1.82, 2.24) is 15.2 Å². The number of hydrogen-bond donors (Lipinski definition) is 1. The molecule has 2 fully saturated rings. The van der Waals surface area contributed by atoms with Crippen LogP contribution in [0.25, 0.3) is 0 Å². The van der Waals surface area contributed by atoms with Gasteiger partial charge in [-0.1, -0.05) is 6.07 Å². The molecule has 6 nitrogen and oxygen atoms in total. The maximum Gasteiger partial charge on any atom is 0.287 e. The van der Waals surface area contributed by atoms with Gasteiger partial charge in [0.25, 0.3) is 5.91 Å². The van der Waals surface area contributed by atoms with Gasteiger partial charge in [-0.3, -0.25) is 14.6 Å². The van der Waals surface area contributed by atoms with E-state index in [0.29, 0.717) is 12.2 Å². The minimum Gasteiger partial charge on any atom is -0.459 e. The summed E-state index contributed by atoms with van der Waals surface area (Å²) in [5.74, 6) is 0.118. The summed E-state index contributed by atoms with van der Waals surface area (Å²) in [5.41, 5.74) is 1.74. The zero-order chi connectivity index (χ0) is 16.7. The molecule has 1 aliphatic carbocycles. The van der Waals surface area contributed by atoms with E-state index in [4.69, 9.17) is 4.42 Å². The summed E-state index contributed by atoms with van der Waals surface area (Å²) in [6, 6.07) is 5.41. The van der Waals surface area contributed by atoms with Crippen LogP contribution < -0.4 is 5.32 Å². The molecule has 0 bridgehead atoms. The predicted octanol–water partition coefficient (Wildman–Crippen LogP) is 2.22. The van der Waals surface area contributed by atoms with E-state index in [9.17, 15) is 9.59 Å². The van der Waals surface area contributed by atoms with E-state index in [-0.39, 0.29) is 29.9 Å². The Bertz CT molecular complexity index is 767. The van der Waals surface area contributed by atoms with Crippen molar-refractivity contribution >= 4 is 11.8 Å². The lowest BCUT2D eigenvalue weighted by molar-refractivity contribution is -0.129. The smallest absolute Gasteiger partial charge is 0.287 e. The van der Waals surface area contributed by atoms with E-state index >= 15 is 0 Å². The minimum absolute atomic E-state index is 0.0906. The summed E-state index contributed by atoms with van der Waals surface area (Å²) in [5, 5.41) is 2.99. The third-order valence-corrected chi connectivity index (χ3v) is 4.71. The molecule has 4 rings (SSSR count). The highest BCUT2D eigenvalue weighted by molar-refractivity contribution is 5.94. The zero-order valence-electron chi connectivity index (χ0n) is 13.4. The second-order valence-corrected chi connectivity index (χ2v) is 6.48. The van der Waals surface area contributed by atoms with Gasteiger partial charge in [0.2, 0.25) is 5.91 Å². The first-order valence-corrected chi connectivity index (χ1v) is 8.21. The lowest BCUT2D eigenvalue weighted by Gasteiger charge is -2.28. The van der Waals surface area contributed by atoms with E-state index < -0.39 is 0 Å². The van der Waals surface area contributed by atoms with Crippen molar-refractivity contribution in [2.45, 2.75) is 44.3 Å². The second-order valence-electron chi connectivity index (χ2n) is 6.48. The first-order chi connectivity index (χ1) is 11.6. The lowest BCUT2D eigenvalue weighted by Crippen LogP contribution is -2.40. The summed E-state index contributed by atoms with van der Waals surface area (Å²) in [7, 11) is 0. The number of carbonyl (C=O) groups is 2. The Morgan fingerprint density at radius 1 is 1.38 bits per heavy atom. The second kappa shape index (κ2) is 5.78. The predicted molar refractivity (Wildman–Crippen MR) is 86.2 cm³/mol. The monoisotopic (exact) mass is 325 g/mol. The molecule has 2 aromatic rings. The van der Waals surface area contributed by atoms with Crippen LogP contribution in [-0.4, -0.2) is 33.8 Å². The molecule has 2 atom stereocenters. The van der Waals surface area contributed by atoms with Gasteiger partial charge in [-0.05, 0) is 37.5 Å². The molecule has 124 valence electrons. The Balaban J connectivity index is 1.62. The maximum atomic E-state index is 12.5. The highest BCUT2D eigenvalue weighted by Gasteiger charge is 2.48. The van der Waals surface area contributed by atoms with Crippen LogP contribution in [0.4, 0.5) is 0 Å². The molecule has 2 aliphatic rings. The van der Waals surface area contributed by atoms with Gasteiger partial charge in [0, 0.05) is 30.4 Å². The number of nitrogens with zero attached hydrogens (tertiary/aromatic N) is 2. The van der Waals surface area contributed by atoms with Crippen LogP contribution >= 0.6 is 0 Å². The van der Waals surface area contributed by atoms with Gasteiger partial charge in [-0.25, -0.2) is 0 Å². The number of nitrogens with one attached hydrogen (secondary N) is 1. The maximum absolute atomic E-state index is 12.5. The number of carbonyl (C=O) groups excluding carboxylic acids is 2. The molecule has 6 heteroatoms. The van der Waals surface area contributed by atoms with E-state index in [1.807, 2.05) is 24.0 Å². The van der Waals surface area contributed by atoms with Gasteiger partial charge < -0.3 is 14.6 Å². The number of rotatable bonds is 4. The third kappa shape index (κ3) is 2.58. The lowest BCUT2D eigenvalue weighted by atomic mass is 10.0. The van der Waals surface area contributed by atoms with Gasteiger partial charge in [0.05, 0.1) is 18.3 Å². The van der Waals surface area contributed by atoms with Crippen molar-refractivity contribution in [3.8, 4) is 0 Å². The molecule has 3 heterocycles. The molecule has 1 saturated heterocycles. The molecular formula is C18H19N3O3. The van der Waals surface area contributed by atoms with Crippen molar-refractivity contribution in [2.24, 2.45) is 0 Å². The third-order valence-electron chi connectivity index (χ3n) is 4.71. The number of hydrogen-bond acceptors (Lipinski definition) is 4.